The van der Waals surface area contributed by atoms with Gasteiger partial charge < -0.3 is 5.32 Å². The van der Waals surface area contributed by atoms with E-state index in [1.807, 2.05) is 6.92 Å². The average molecular weight is 238 g/mol. The molecule has 1 fully saturated rings. The summed E-state index contributed by atoms with van der Waals surface area (Å²) < 4.78 is 35.8. The van der Waals surface area contributed by atoms with Gasteiger partial charge >= 0.3 is 6.18 Å². The lowest BCUT2D eigenvalue weighted by Gasteiger charge is -2.29. The Bertz CT molecular complexity index is 218. The van der Waals surface area contributed by atoms with Crippen LogP contribution in [0.1, 0.15) is 27.2 Å². The predicted octanol–water partition coefficient (Wildman–Crippen LogP) is 2.26. The van der Waals surface area contributed by atoms with Crippen molar-refractivity contribution in [1.82, 2.24) is 10.2 Å². The number of hydrogen-bond acceptors (Lipinski definition) is 2. The van der Waals surface area contributed by atoms with Gasteiger partial charge in [0.15, 0.2) is 0 Å². The van der Waals surface area contributed by atoms with E-state index in [0.717, 1.165) is 13.0 Å². The zero-order valence-electron chi connectivity index (χ0n) is 10.1. The Morgan fingerprint density at radius 1 is 1.38 bits per heavy atom. The van der Waals surface area contributed by atoms with E-state index in [1.165, 1.54) is 0 Å². The number of alkyl halides is 3. The highest BCUT2D eigenvalue weighted by molar-refractivity contribution is 4.84. The summed E-state index contributed by atoms with van der Waals surface area (Å²) >= 11 is 0. The quantitative estimate of drug-likeness (QED) is 0.808. The summed E-state index contributed by atoms with van der Waals surface area (Å²) in [4.78, 5) is 2.29. The third-order valence-corrected chi connectivity index (χ3v) is 3.16. The highest BCUT2D eigenvalue weighted by Gasteiger charge is 2.31. The highest BCUT2D eigenvalue weighted by Crippen LogP contribution is 2.24. The monoisotopic (exact) mass is 238 g/mol. The van der Waals surface area contributed by atoms with Gasteiger partial charge in [-0.25, -0.2) is 0 Å². The van der Waals surface area contributed by atoms with E-state index >= 15 is 0 Å². The first-order valence-electron chi connectivity index (χ1n) is 5.83. The van der Waals surface area contributed by atoms with Crippen LogP contribution in [0.4, 0.5) is 13.2 Å². The molecule has 1 rings (SSSR count). The van der Waals surface area contributed by atoms with Crippen LogP contribution in [0.5, 0.6) is 0 Å². The van der Waals surface area contributed by atoms with Crippen LogP contribution in [0.25, 0.3) is 0 Å². The molecule has 3 atom stereocenters. The second-order valence-corrected chi connectivity index (χ2v) is 4.98. The molecule has 96 valence electrons. The molecular formula is C11H21F3N2. The molecule has 1 N–H and O–H groups in total. The van der Waals surface area contributed by atoms with Gasteiger partial charge in [-0.05, 0) is 26.2 Å². The Balaban J connectivity index is 2.27. The first kappa shape index (κ1) is 13.8. The zero-order valence-corrected chi connectivity index (χ0v) is 10.1. The molecule has 5 heteroatoms. The summed E-state index contributed by atoms with van der Waals surface area (Å²) in [5, 5.41) is 2.47. The molecule has 0 aromatic rings. The van der Waals surface area contributed by atoms with E-state index in [-0.39, 0.29) is 6.04 Å². The van der Waals surface area contributed by atoms with E-state index in [0.29, 0.717) is 18.5 Å². The van der Waals surface area contributed by atoms with Crippen LogP contribution >= 0.6 is 0 Å². The van der Waals surface area contributed by atoms with E-state index in [9.17, 15) is 13.2 Å². The van der Waals surface area contributed by atoms with Crippen LogP contribution in [0, 0.1) is 5.92 Å². The summed E-state index contributed by atoms with van der Waals surface area (Å²) in [6, 6.07) is 0.653. The molecule has 1 heterocycles. The molecule has 0 saturated carbocycles. The van der Waals surface area contributed by atoms with Gasteiger partial charge in [-0.3, -0.25) is 4.90 Å². The fourth-order valence-corrected chi connectivity index (χ4v) is 2.49. The van der Waals surface area contributed by atoms with Crippen molar-refractivity contribution >= 4 is 0 Å². The van der Waals surface area contributed by atoms with Gasteiger partial charge in [0.1, 0.15) is 0 Å². The normalized spacial score (nSPS) is 29.6. The minimum Gasteiger partial charge on any atom is -0.307 e. The summed E-state index contributed by atoms with van der Waals surface area (Å²) in [5.74, 6) is 0.653. The molecule has 0 spiro atoms. The predicted molar refractivity (Wildman–Crippen MR) is 58.3 cm³/mol. The number of hydrogen-bond donors (Lipinski definition) is 1. The van der Waals surface area contributed by atoms with Gasteiger partial charge in [-0.1, -0.05) is 6.92 Å². The fraction of sp³-hybridized carbons (Fsp3) is 1.00. The van der Waals surface area contributed by atoms with Crippen LogP contribution in [-0.4, -0.2) is 42.8 Å². The van der Waals surface area contributed by atoms with Crippen LogP contribution in [0.15, 0.2) is 0 Å². The maximum atomic E-state index is 11.9. The van der Waals surface area contributed by atoms with Crippen molar-refractivity contribution in [3.8, 4) is 0 Å². The molecule has 0 aromatic carbocycles. The van der Waals surface area contributed by atoms with Crippen LogP contribution < -0.4 is 5.32 Å². The summed E-state index contributed by atoms with van der Waals surface area (Å²) in [6.45, 7) is 6.82. The van der Waals surface area contributed by atoms with Crippen molar-refractivity contribution in [1.29, 1.82) is 0 Å². The van der Waals surface area contributed by atoms with Gasteiger partial charge in [-0.2, -0.15) is 13.2 Å². The molecule has 0 aromatic heterocycles. The largest absolute Gasteiger partial charge is 0.401 e. The SMILES string of the molecule is CC1CC(C)N(C(C)CNCC(F)(F)F)C1. The van der Waals surface area contributed by atoms with Crippen LogP contribution in [-0.2, 0) is 0 Å². The van der Waals surface area contributed by atoms with E-state index in [1.54, 1.807) is 0 Å². The van der Waals surface area contributed by atoms with Crippen molar-refractivity contribution in [3.63, 3.8) is 0 Å². The topological polar surface area (TPSA) is 15.3 Å². The number of nitrogens with zero attached hydrogens (tertiary/aromatic N) is 1. The van der Waals surface area contributed by atoms with Gasteiger partial charge in [-0.15, -0.1) is 0 Å². The lowest BCUT2D eigenvalue weighted by molar-refractivity contribution is -0.125. The molecular weight excluding hydrogens is 217 g/mol. The molecule has 0 bridgehead atoms. The molecule has 1 aliphatic rings. The fourth-order valence-electron chi connectivity index (χ4n) is 2.49. The van der Waals surface area contributed by atoms with Crippen molar-refractivity contribution in [2.75, 3.05) is 19.6 Å². The Hall–Kier alpha value is -0.290. The maximum absolute atomic E-state index is 11.9. The number of rotatable bonds is 4. The Kier molecular flexibility index (Phi) is 4.62. The van der Waals surface area contributed by atoms with Crippen molar-refractivity contribution < 1.29 is 13.2 Å². The summed E-state index contributed by atoms with van der Waals surface area (Å²) in [7, 11) is 0. The number of likely N-dealkylation sites (tertiary alicyclic amines) is 1. The lowest BCUT2D eigenvalue weighted by Crippen LogP contribution is -2.44. The summed E-state index contributed by atoms with van der Waals surface area (Å²) in [5.41, 5.74) is 0. The standard InChI is InChI=1S/C11H21F3N2/c1-8-4-9(2)16(6-8)10(3)5-15-7-11(12,13)14/h8-10,15H,4-7H2,1-3H3. The van der Waals surface area contributed by atoms with Crippen LogP contribution in [0.3, 0.4) is 0 Å². The maximum Gasteiger partial charge on any atom is 0.401 e. The molecule has 0 radical (unpaired) electrons. The second-order valence-electron chi connectivity index (χ2n) is 4.98. The minimum absolute atomic E-state index is 0.169. The third-order valence-electron chi connectivity index (χ3n) is 3.16. The first-order chi connectivity index (χ1) is 7.29. The van der Waals surface area contributed by atoms with Crippen molar-refractivity contribution in [2.45, 2.75) is 45.5 Å². The smallest absolute Gasteiger partial charge is 0.307 e. The lowest BCUT2D eigenvalue weighted by atomic mass is 10.1. The number of nitrogens with one attached hydrogen (secondary N) is 1. The molecule has 2 nitrogen and oxygen atoms in total. The van der Waals surface area contributed by atoms with Gasteiger partial charge in [0.05, 0.1) is 6.54 Å². The summed E-state index contributed by atoms with van der Waals surface area (Å²) in [6.07, 6.45) is -2.97. The molecule has 3 unspecified atom stereocenters. The third kappa shape index (κ3) is 4.29. The Morgan fingerprint density at radius 3 is 2.44 bits per heavy atom. The molecule has 1 saturated heterocycles. The second kappa shape index (κ2) is 5.36. The van der Waals surface area contributed by atoms with Gasteiger partial charge in [0.2, 0.25) is 0 Å². The Labute approximate surface area is 95.2 Å². The zero-order chi connectivity index (χ0) is 12.3. The highest BCUT2D eigenvalue weighted by atomic mass is 19.4. The van der Waals surface area contributed by atoms with E-state index < -0.39 is 12.7 Å². The van der Waals surface area contributed by atoms with Crippen LogP contribution in [0.2, 0.25) is 0 Å². The molecule has 1 aliphatic heterocycles. The molecule has 0 amide bonds. The minimum atomic E-state index is -4.11. The van der Waals surface area contributed by atoms with Gasteiger partial charge in [0.25, 0.3) is 0 Å². The first-order valence-corrected chi connectivity index (χ1v) is 5.83. The number of halogens is 3. The van der Waals surface area contributed by atoms with E-state index in [4.69, 9.17) is 0 Å². The molecule has 0 aliphatic carbocycles. The van der Waals surface area contributed by atoms with Crippen molar-refractivity contribution in [2.24, 2.45) is 5.92 Å². The molecule has 16 heavy (non-hydrogen) atoms. The Morgan fingerprint density at radius 2 is 2.00 bits per heavy atom. The average Bonchev–Trinajstić information content (AvgIpc) is 2.43. The van der Waals surface area contributed by atoms with E-state index in [2.05, 4.69) is 24.1 Å². The van der Waals surface area contributed by atoms with Crippen molar-refractivity contribution in [3.05, 3.63) is 0 Å². The van der Waals surface area contributed by atoms with Gasteiger partial charge in [0, 0.05) is 25.2 Å².